The van der Waals surface area contributed by atoms with Crippen LogP contribution in [0.25, 0.3) is 0 Å². The minimum absolute atomic E-state index is 0.155. The summed E-state index contributed by atoms with van der Waals surface area (Å²) < 4.78 is 0. The fourth-order valence-electron chi connectivity index (χ4n) is 3.21. The number of rotatable bonds is 4. The van der Waals surface area contributed by atoms with Crippen LogP contribution in [0.3, 0.4) is 0 Å². The van der Waals surface area contributed by atoms with Gasteiger partial charge in [-0.25, -0.2) is 9.97 Å². The first-order valence-corrected chi connectivity index (χ1v) is 8.95. The summed E-state index contributed by atoms with van der Waals surface area (Å²) >= 11 is 0. The summed E-state index contributed by atoms with van der Waals surface area (Å²) in [7, 11) is 0. The summed E-state index contributed by atoms with van der Waals surface area (Å²) in [6, 6.07) is 9.97. The number of amides is 1. The maximum atomic E-state index is 12.5. The molecule has 3 rings (SSSR count). The van der Waals surface area contributed by atoms with Gasteiger partial charge in [0, 0.05) is 25.7 Å². The number of hydrogen-bond acceptors (Lipinski definition) is 4. The number of carbonyl (C=O) groups excluding carboxylic acids is 1. The third kappa shape index (κ3) is 4.56. The molecule has 1 aliphatic rings. The highest BCUT2D eigenvalue weighted by Gasteiger charge is 2.20. The minimum Gasteiger partial charge on any atom is -0.356 e. The first-order valence-electron chi connectivity index (χ1n) is 8.95. The van der Waals surface area contributed by atoms with Crippen molar-refractivity contribution in [3.63, 3.8) is 0 Å². The average molecular weight is 338 g/mol. The Labute approximate surface area is 149 Å². The molecule has 1 aliphatic heterocycles. The molecule has 1 amide bonds. The normalized spacial score (nSPS) is 17.4. The highest BCUT2D eigenvalue weighted by atomic mass is 16.1. The molecule has 132 valence electrons. The number of nitrogens with one attached hydrogen (secondary N) is 1. The Balaban J connectivity index is 1.70. The van der Waals surface area contributed by atoms with Crippen LogP contribution in [-0.4, -0.2) is 29.0 Å². The van der Waals surface area contributed by atoms with Gasteiger partial charge in [-0.2, -0.15) is 0 Å². The topological polar surface area (TPSA) is 58.1 Å². The number of hydrogen-bond donors (Lipinski definition) is 1. The average Bonchev–Trinajstić information content (AvgIpc) is 2.60. The van der Waals surface area contributed by atoms with Crippen molar-refractivity contribution in [3.05, 3.63) is 53.0 Å². The lowest BCUT2D eigenvalue weighted by Crippen LogP contribution is -2.35. The highest BCUT2D eigenvalue weighted by Crippen LogP contribution is 2.21. The van der Waals surface area contributed by atoms with E-state index in [0.717, 1.165) is 24.5 Å². The maximum absolute atomic E-state index is 12.5. The zero-order valence-corrected chi connectivity index (χ0v) is 15.2. The summed E-state index contributed by atoms with van der Waals surface area (Å²) in [4.78, 5) is 23.6. The number of benzene rings is 1. The van der Waals surface area contributed by atoms with Crippen LogP contribution < -0.4 is 10.2 Å². The standard InChI is InChI=1S/C20H26N4O/c1-14-6-8-17(9-7-14)12-21-20(25)18-11-19(23-16(3)22-18)24-10-4-5-15(2)13-24/h6-9,11,15H,4-5,10,12-13H2,1-3H3,(H,21,25). The van der Waals surface area contributed by atoms with Crippen LogP contribution in [0.1, 0.15) is 47.2 Å². The third-order valence-electron chi connectivity index (χ3n) is 4.61. The van der Waals surface area contributed by atoms with Crippen molar-refractivity contribution in [3.8, 4) is 0 Å². The molecule has 1 unspecified atom stereocenters. The molecule has 5 nitrogen and oxygen atoms in total. The van der Waals surface area contributed by atoms with E-state index in [4.69, 9.17) is 0 Å². The fraction of sp³-hybridized carbons (Fsp3) is 0.450. The Hall–Kier alpha value is -2.43. The first kappa shape index (κ1) is 17.4. The van der Waals surface area contributed by atoms with Gasteiger partial charge in [-0.05, 0) is 38.2 Å². The monoisotopic (exact) mass is 338 g/mol. The Morgan fingerprint density at radius 2 is 2.00 bits per heavy atom. The van der Waals surface area contributed by atoms with Crippen LogP contribution in [0.2, 0.25) is 0 Å². The van der Waals surface area contributed by atoms with E-state index in [0.29, 0.717) is 24.0 Å². The van der Waals surface area contributed by atoms with Gasteiger partial charge in [-0.3, -0.25) is 4.79 Å². The van der Waals surface area contributed by atoms with Crippen molar-refractivity contribution in [1.82, 2.24) is 15.3 Å². The lowest BCUT2D eigenvalue weighted by Gasteiger charge is -2.32. The summed E-state index contributed by atoms with van der Waals surface area (Å²) in [5, 5.41) is 2.95. The summed E-state index contributed by atoms with van der Waals surface area (Å²) in [5.74, 6) is 2.00. The second kappa shape index (κ2) is 7.64. The molecule has 2 aromatic rings. The largest absolute Gasteiger partial charge is 0.356 e. The predicted octanol–water partition coefficient (Wildman–Crippen LogP) is 3.26. The van der Waals surface area contributed by atoms with E-state index in [-0.39, 0.29) is 5.91 Å². The molecule has 1 aromatic heterocycles. The van der Waals surface area contributed by atoms with Gasteiger partial charge in [0.05, 0.1) is 0 Å². The zero-order chi connectivity index (χ0) is 17.8. The predicted molar refractivity (Wildman–Crippen MR) is 99.7 cm³/mol. The van der Waals surface area contributed by atoms with E-state index in [1.54, 1.807) is 0 Å². The van der Waals surface area contributed by atoms with Crippen molar-refractivity contribution >= 4 is 11.7 Å². The van der Waals surface area contributed by atoms with Crippen LogP contribution in [-0.2, 0) is 6.54 Å². The van der Waals surface area contributed by atoms with Crippen molar-refractivity contribution < 1.29 is 4.79 Å². The van der Waals surface area contributed by atoms with Crippen molar-refractivity contribution in [2.75, 3.05) is 18.0 Å². The summed E-state index contributed by atoms with van der Waals surface area (Å²) in [6.07, 6.45) is 2.42. The van der Waals surface area contributed by atoms with Gasteiger partial charge in [0.1, 0.15) is 17.3 Å². The molecule has 1 aromatic carbocycles. The van der Waals surface area contributed by atoms with Crippen LogP contribution in [0.5, 0.6) is 0 Å². The van der Waals surface area contributed by atoms with Gasteiger partial charge in [0.2, 0.25) is 0 Å². The molecule has 1 fully saturated rings. The van der Waals surface area contributed by atoms with E-state index in [1.807, 2.05) is 37.3 Å². The second-order valence-corrected chi connectivity index (χ2v) is 7.02. The lowest BCUT2D eigenvalue weighted by molar-refractivity contribution is 0.0945. The lowest BCUT2D eigenvalue weighted by atomic mass is 10.0. The molecular weight excluding hydrogens is 312 g/mol. The van der Waals surface area contributed by atoms with Gasteiger partial charge in [-0.1, -0.05) is 36.8 Å². The molecule has 25 heavy (non-hydrogen) atoms. The number of carbonyl (C=O) groups is 1. The number of aromatic nitrogens is 2. The van der Waals surface area contributed by atoms with Crippen LogP contribution in [0.4, 0.5) is 5.82 Å². The fourth-order valence-corrected chi connectivity index (χ4v) is 3.21. The van der Waals surface area contributed by atoms with Crippen LogP contribution >= 0.6 is 0 Å². The molecular formula is C20H26N4O. The van der Waals surface area contributed by atoms with Crippen LogP contribution in [0, 0.1) is 19.8 Å². The van der Waals surface area contributed by atoms with E-state index < -0.39 is 0 Å². The minimum atomic E-state index is -0.155. The Morgan fingerprint density at radius 3 is 2.72 bits per heavy atom. The SMILES string of the molecule is Cc1ccc(CNC(=O)c2cc(N3CCCC(C)C3)nc(C)n2)cc1. The van der Waals surface area contributed by atoms with E-state index in [9.17, 15) is 4.79 Å². The molecule has 0 spiro atoms. The van der Waals surface area contributed by atoms with Crippen molar-refractivity contribution in [1.29, 1.82) is 0 Å². The quantitative estimate of drug-likeness (QED) is 0.929. The first-order chi connectivity index (χ1) is 12.0. The number of aryl methyl sites for hydroxylation is 2. The number of nitrogens with zero attached hydrogens (tertiary/aromatic N) is 3. The maximum Gasteiger partial charge on any atom is 0.270 e. The molecule has 1 N–H and O–H groups in total. The molecule has 0 bridgehead atoms. The van der Waals surface area contributed by atoms with Gasteiger partial charge in [0.25, 0.3) is 5.91 Å². The van der Waals surface area contributed by atoms with Gasteiger partial charge < -0.3 is 10.2 Å². The molecule has 5 heteroatoms. The van der Waals surface area contributed by atoms with Gasteiger partial charge in [-0.15, -0.1) is 0 Å². The molecule has 1 saturated heterocycles. The number of anilines is 1. The van der Waals surface area contributed by atoms with Crippen molar-refractivity contribution in [2.24, 2.45) is 5.92 Å². The summed E-state index contributed by atoms with van der Waals surface area (Å²) in [6.45, 7) is 8.63. The zero-order valence-electron chi connectivity index (χ0n) is 15.2. The molecule has 2 heterocycles. The Bertz CT molecular complexity index is 742. The molecule has 1 atom stereocenters. The Morgan fingerprint density at radius 1 is 1.24 bits per heavy atom. The highest BCUT2D eigenvalue weighted by molar-refractivity contribution is 5.92. The van der Waals surface area contributed by atoms with E-state index in [2.05, 4.69) is 34.0 Å². The Kier molecular flexibility index (Phi) is 5.31. The smallest absolute Gasteiger partial charge is 0.270 e. The van der Waals surface area contributed by atoms with E-state index in [1.165, 1.54) is 18.4 Å². The van der Waals surface area contributed by atoms with E-state index >= 15 is 0 Å². The molecule has 0 saturated carbocycles. The molecule has 0 radical (unpaired) electrons. The second-order valence-electron chi connectivity index (χ2n) is 7.02. The number of piperidine rings is 1. The van der Waals surface area contributed by atoms with Crippen LogP contribution in [0.15, 0.2) is 30.3 Å². The van der Waals surface area contributed by atoms with Gasteiger partial charge in [0.15, 0.2) is 0 Å². The molecule has 0 aliphatic carbocycles. The van der Waals surface area contributed by atoms with Crippen molar-refractivity contribution in [2.45, 2.75) is 40.2 Å². The summed E-state index contributed by atoms with van der Waals surface area (Å²) in [5.41, 5.74) is 2.73. The van der Waals surface area contributed by atoms with Gasteiger partial charge >= 0.3 is 0 Å². The third-order valence-corrected chi connectivity index (χ3v) is 4.61.